The summed E-state index contributed by atoms with van der Waals surface area (Å²) in [5.41, 5.74) is 6.07. The predicted molar refractivity (Wildman–Crippen MR) is 124 cm³/mol. The van der Waals surface area contributed by atoms with E-state index in [1.165, 1.54) is 9.47 Å². The fourth-order valence-electron chi connectivity index (χ4n) is 3.34. The highest BCUT2D eigenvalue weighted by Crippen LogP contribution is 2.20. The Morgan fingerprint density at radius 2 is 1.90 bits per heavy atom. The van der Waals surface area contributed by atoms with E-state index >= 15 is 0 Å². The SMILES string of the molecule is COCCCN(C(=O)CCCc1ccc(Cl)cc1)c1c(N)n(CC(C)C)c(=O)[nH]c1=O. The van der Waals surface area contributed by atoms with Crippen LogP contribution in [0.15, 0.2) is 33.9 Å². The van der Waals surface area contributed by atoms with Gasteiger partial charge in [0.1, 0.15) is 5.82 Å². The molecule has 170 valence electrons. The first kappa shape index (κ1) is 24.7. The molecule has 2 rings (SSSR count). The Labute approximate surface area is 187 Å². The number of carbonyl (C=O) groups excluding carboxylic acids is 1. The maximum atomic E-state index is 13.1. The number of amides is 1. The molecule has 0 unspecified atom stereocenters. The van der Waals surface area contributed by atoms with E-state index in [4.69, 9.17) is 22.1 Å². The average molecular weight is 451 g/mol. The molecule has 0 bridgehead atoms. The fourth-order valence-corrected chi connectivity index (χ4v) is 3.47. The largest absolute Gasteiger partial charge is 0.385 e. The topological polar surface area (TPSA) is 110 Å². The van der Waals surface area contributed by atoms with E-state index in [1.807, 2.05) is 38.1 Å². The van der Waals surface area contributed by atoms with Crippen molar-refractivity contribution < 1.29 is 9.53 Å². The van der Waals surface area contributed by atoms with Crippen molar-refractivity contribution in [2.45, 2.75) is 46.1 Å². The molecule has 2 aromatic rings. The number of benzene rings is 1. The zero-order valence-electron chi connectivity index (χ0n) is 18.3. The Hall–Kier alpha value is -2.58. The number of aromatic nitrogens is 2. The predicted octanol–water partition coefficient (Wildman–Crippen LogP) is 2.82. The van der Waals surface area contributed by atoms with Gasteiger partial charge in [0.05, 0.1) is 0 Å². The van der Waals surface area contributed by atoms with Crippen molar-refractivity contribution in [3.05, 3.63) is 55.7 Å². The number of nitrogens with two attached hydrogens (primary N) is 1. The summed E-state index contributed by atoms with van der Waals surface area (Å²) in [5, 5.41) is 0.662. The Bertz CT molecular complexity index is 982. The van der Waals surface area contributed by atoms with Crippen LogP contribution in [0, 0.1) is 5.92 Å². The molecule has 9 heteroatoms. The average Bonchev–Trinajstić information content (AvgIpc) is 2.71. The second-order valence-electron chi connectivity index (χ2n) is 7.87. The minimum absolute atomic E-state index is 0.00548. The number of nitrogens with one attached hydrogen (secondary N) is 1. The zero-order valence-corrected chi connectivity index (χ0v) is 19.1. The van der Waals surface area contributed by atoms with Crippen LogP contribution in [0.2, 0.25) is 5.02 Å². The van der Waals surface area contributed by atoms with Gasteiger partial charge in [-0.25, -0.2) is 4.79 Å². The quantitative estimate of drug-likeness (QED) is 0.511. The number of nitrogens with zero attached hydrogens (tertiary/aromatic N) is 2. The van der Waals surface area contributed by atoms with Crippen LogP contribution in [0.25, 0.3) is 0 Å². The summed E-state index contributed by atoms with van der Waals surface area (Å²) in [5.74, 6) is -0.0845. The van der Waals surface area contributed by atoms with Crippen LogP contribution in [0.1, 0.15) is 38.7 Å². The number of halogens is 1. The van der Waals surface area contributed by atoms with Crippen LogP contribution in [-0.4, -0.2) is 35.7 Å². The molecule has 0 atom stereocenters. The van der Waals surface area contributed by atoms with Gasteiger partial charge >= 0.3 is 5.69 Å². The molecule has 1 amide bonds. The lowest BCUT2D eigenvalue weighted by molar-refractivity contribution is -0.118. The van der Waals surface area contributed by atoms with Crippen molar-refractivity contribution in [2.24, 2.45) is 5.92 Å². The number of ether oxygens (including phenoxy) is 1. The van der Waals surface area contributed by atoms with E-state index in [0.29, 0.717) is 37.4 Å². The number of carbonyl (C=O) groups is 1. The highest BCUT2D eigenvalue weighted by molar-refractivity contribution is 6.30. The van der Waals surface area contributed by atoms with Crippen LogP contribution in [-0.2, 0) is 22.5 Å². The molecule has 1 aromatic carbocycles. The number of rotatable bonds is 11. The van der Waals surface area contributed by atoms with Crippen LogP contribution >= 0.6 is 11.6 Å². The van der Waals surface area contributed by atoms with Crippen molar-refractivity contribution in [2.75, 3.05) is 30.9 Å². The van der Waals surface area contributed by atoms with Gasteiger partial charge in [-0.1, -0.05) is 37.6 Å². The molecule has 0 fully saturated rings. The number of aromatic amines is 1. The second kappa shape index (κ2) is 11.7. The van der Waals surface area contributed by atoms with Crippen molar-refractivity contribution >= 4 is 29.0 Å². The van der Waals surface area contributed by atoms with E-state index in [9.17, 15) is 14.4 Å². The molecule has 1 aromatic heterocycles. The third-order valence-electron chi connectivity index (χ3n) is 4.83. The Kier molecular flexibility index (Phi) is 9.33. The number of H-pyrrole nitrogens is 1. The molecule has 0 aliphatic heterocycles. The fraction of sp³-hybridized carbons (Fsp3) is 0.500. The minimum Gasteiger partial charge on any atom is -0.385 e. The minimum atomic E-state index is -0.661. The van der Waals surface area contributed by atoms with Crippen LogP contribution in [0.5, 0.6) is 0 Å². The lowest BCUT2D eigenvalue weighted by atomic mass is 10.1. The normalized spacial score (nSPS) is 11.1. The first-order valence-electron chi connectivity index (χ1n) is 10.4. The number of hydrogen-bond donors (Lipinski definition) is 2. The lowest BCUT2D eigenvalue weighted by Crippen LogP contribution is -2.42. The summed E-state index contributed by atoms with van der Waals surface area (Å²) < 4.78 is 6.40. The van der Waals surface area contributed by atoms with E-state index in [-0.39, 0.29) is 36.3 Å². The first-order valence-corrected chi connectivity index (χ1v) is 10.8. The molecule has 0 radical (unpaired) electrons. The van der Waals surface area contributed by atoms with E-state index in [2.05, 4.69) is 4.98 Å². The maximum absolute atomic E-state index is 13.1. The monoisotopic (exact) mass is 450 g/mol. The molecule has 0 saturated carbocycles. The number of aryl methyl sites for hydroxylation is 1. The molecular weight excluding hydrogens is 420 g/mol. The van der Waals surface area contributed by atoms with E-state index in [0.717, 1.165) is 5.56 Å². The Morgan fingerprint density at radius 1 is 1.23 bits per heavy atom. The molecule has 0 aliphatic carbocycles. The maximum Gasteiger partial charge on any atom is 0.330 e. The third-order valence-corrected chi connectivity index (χ3v) is 5.08. The second-order valence-corrected chi connectivity index (χ2v) is 8.31. The molecule has 0 saturated heterocycles. The molecule has 0 spiro atoms. The van der Waals surface area contributed by atoms with Crippen molar-refractivity contribution in [1.29, 1.82) is 0 Å². The summed E-state index contributed by atoms with van der Waals surface area (Å²) in [7, 11) is 1.57. The number of hydrogen-bond acceptors (Lipinski definition) is 5. The molecule has 0 aliphatic rings. The van der Waals surface area contributed by atoms with E-state index in [1.54, 1.807) is 7.11 Å². The Balaban J connectivity index is 2.26. The van der Waals surface area contributed by atoms with Gasteiger partial charge in [0, 0.05) is 38.2 Å². The van der Waals surface area contributed by atoms with Gasteiger partial charge in [0.2, 0.25) is 5.91 Å². The summed E-state index contributed by atoms with van der Waals surface area (Å²) in [6.07, 6.45) is 2.07. The lowest BCUT2D eigenvalue weighted by Gasteiger charge is -2.25. The molecule has 3 N–H and O–H groups in total. The van der Waals surface area contributed by atoms with Gasteiger partial charge in [-0.2, -0.15) is 0 Å². The highest BCUT2D eigenvalue weighted by atomic mass is 35.5. The third kappa shape index (κ3) is 6.97. The van der Waals surface area contributed by atoms with Gasteiger partial charge in [-0.3, -0.25) is 19.1 Å². The van der Waals surface area contributed by atoms with Gasteiger partial charge in [0.15, 0.2) is 5.69 Å². The standard InChI is InChI=1S/C22H31ClN4O4/c1-15(2)14-27-20(24)19(21(29)25-22(27)30)26(12-5-13-31-3)18(28)7-4-6-16-8-10-17(23)11-9-16/h8-11,15H,4-7,12-14,24H2,1-3H3,(H,25,29,30). The van der Waals surface area contributed by atoms with Crippen molar-refractivity contribution in [1.82, 2.24) is 9.55 Å². The number of anilines is 2. The van der Waals surface area contributed by atoms with Gasteiger partial charge in [0.25, 0.3) is 5.56 Å². The molecule has 31 heavy (non-hydrogen) atoms. The summed E-state index contributed by atoms with van der Waals surface area (Å²) in [6.45, 7) is 4.91. The van der Waals surface area contributed by atoms with Crippen LogP contribution < -0.4 is 21.9 Å². The van der Waals surface area contributed by atoms with Crippen LogP contribution in [0.3, 0.4) is 0 Å². The van der Waals surface area contributed by atoms with Crippen LogP contribution in [0.4, 0.5) is 11.5 Å². The zero-order chi connectivity index (χ0) is 23.0. The molecular formula is C22H31ClN4O4. The van der Waals surface area contributed by atoms with Gasteiger partial charge < -0.3 is 15.4 Å². The smallest absolute Gasteiger partial charge is 0.330 e. The van der Waals surface area contributed by atoms with Crippen molar-refractivity contribution in [3.63, 3.8) is 0 Å². The molecule has 8 nitrogen and oxygen atoms in total. The highest BCUT2D eigenvalue weighted by Gasteiger charge is 2.24. The van der Waals surface area contributed by atoms with Gasteiger partial charge in [-0.15, -0.1) is 0 Å². The Morgan fingerprint density at radius 3 is 2.52 bits per heavy atom. The van der Waals surface area contributed by atoms with E-state index < -0.39 is 11.2 Å². The molecule has 1 heterocycles. The number of methoxy groups -OCH3 is 1. The van der Waals surface area contributed by atoms with Crippen molar-refractivity contribution in [3.8, 4) is 0 Å². The first-order chi connectivity index (χ1) is 14.7. The van der Waals surface area contributed by atoms with Gasteiger partial charge in [-0.05, 0) is 42.9 Å². The summed E-state index contributed by atoms with van der Waals surface area (Å²) >= 11 is 5.91. The number of nitrogen functional groups attached to an aromatic ring is 1. The summed E-state index contributed by atoms with van der Waals surface area (Å²) in [6, 6.07) is 7.48. The summed E-state index contributed by atoms with van der Waals surface area (Å²) in [4.78, 5) is 41.6.